The van der Waals surface area contributed by atoms with Crippen LogP contribution >= 0.6 is 11.6 Å². The molecule has 1 saturated heterocycles. The van der Waals surface area contributed by atoms with E-state index in [0.29, 0.717) is 11.7 Å². The van der Waals surface area contributed by atoms with Crippen LogP contribution in [0.5, 0.6) is 0 Å². The summed E-state index contributed by atoms with van der Waals surface area (Å²) in [5.74, 6) is 0.893. The van der Waals surface area contributed by atoms with Gasteiger partial charge in [-0.2, -0.15) is 15.0 Å². The summed E-state index contributed by atoms with van der Waals surface area (Å²) in [4.78, 5) is 11.1. The van der Waals surface area contributed by atoms with Crippen LogP contribution in [0.1, 0.15) is 37.3 Å². The van der Waals surface area contributed by atoms with Crippen LogP contribution in [0.2, 0.25) is 5.15 Å². The Balaban J connectivity index is 1.76. The van der Waals surface area contributed by atoms with Crippen molar-refractivity contribution >= 4 is 33.5 Å². The number of hydrogen-bond donors (Lipinski definition) is 0. The van der Waals surface area contributed by atoms with Gasteiger partial charge in [0.2, 0.25) is 0 Å². The van der Waals surface area contributed by atoms with Crippen molar-refractivity contribution in [3.8, 4) is 0 Å². The van der Waals surface area contributed by atoms with Crippen LogP contribution in [0, 0.1) is 6.92 Å². The van der Waals surface area contributed by atoms with Gasteiger partial charge in [0.05, 0.1) is 29.0 Å². The second-order valence-corrected chi connectivity index (χ2v) is 7.75. The van der Waals surface area contributed by atoms with E-state index in [1.54, 1.807) is 11.0 Å². The van der Waals surface area contributed by atoms with Gasteiger partial charge in [0.1, 0.15) is 17.9 Å². The summed E-state index contributed by atoms with van der Waals surface area (Å²) in [7, 11) is 0. The van der Waals surface area contributed by atoms with Gasteiger partial charge in [0.15, 0.2) is 5.15 Å². The molecule has 0 radical (unpaired) electrons. The van der Waals surface area contributed by atoms with E-state index in [1.165, 1.54) is 0 Å². The van der Waals surface area contributed by atoms with E-state index in [0.717, 1.165) is 52.9 Å². The van der Waals surface area contributed by atoms with E-state index in [9.17, 15) is 0 Å². The number of aromatic nitrogens is 6. The molecular formula is C20H21ClN6O. The maximum Gasteiger partial charge on any atom is 0.157 e. The van der Waals surface area contributed by atoms with E-state index in [2.05, 4.69) is 32.7 Å². The molecule has 0 saturated carbocycles. The first-order valence-electron chi connectivity index (χ1n) is 9.53. The van der Waals surface area contributed by atoms with Crippen molar-refractivity contribution in [1.82, 2.24) is 29.5 Å². The van der Waals surface area contributed by atoms with Gasteiger partial charge in [-0.3, -0.25) is 0 Å². The van der Waals surface area contributed by atoms with E-state index in [4.69, 9.17) is 21.3 Å². The number of pyridine rings is 1. The third-order valence-electron chi connectivity index (χ3n) is 5.31. The number of nitrogens with zero attached hydrogens (tertiary/aromatic N) is 6. The maximum atomic E-state index is 6.55. The monoisotopic (exact) mass is 396 g/mol. The molecule has 2 atom stereocenters. The average molecular weight is 397 g/mol. The normalized spacial score (nSPS) is 20.2. The van der Waals surface area contributed by atoms with Crippen molar-refractivity contribution in [2.45, 2.75) is 45.4 Å². The van der Waals surface area contributed by atoms with Crippen LogP contribution in [0.4, 0.5) is 0 Å². The van der Waals surface area contributed by atoms with Crippen molar-refractivity contribution in [1.29, 1.82) is 0 Å². The Bertz CT molecular complexity index is 1170. The van der Waals surface area contributed by atoms with Crippen LogP contribution < -0.4 is 0 Å². The third-order valence-corrected chi connectivity index (χ3v) is 5.58. The smallest absolute Gasteiger partial charge is 0.157 e. The van der Waals surface area contributed by atoms with Gasteiger partial charge < -0.3 is 9.30 Å². The minimum atomic E-state index is 0.206. The second-order valence-electron chi connectivity index (χ2n) is 7.39. The Kier molecular flexibility index (Phi) is 4.29. The molecule has 1 aliphatic rings. The molecule has 0 N–H and O–H groups in total. The molecule has 0 bridgehead atoms. The van der Waals surface area contributed by atoms with Crippen molar-refractivity contribution in [3.63, 3.8) is 0 Å². The van der Waals surface area contributed by atoms with E-state index >= 15 is 0 Å². The first-order chi connectivity index (χ1) is 13.6. The van der Waals surface area contributed by atoms with Crippen molar-refractivity contribution in [3.05, 3.63) is 47.1 Å². The lowest BCUT2D eigenvalue weighted by molar-refractivity contribution is 0.00617. The quantitative estimate of drug-likeness (QED) is 0.491. The van der Waals surface area contributed by atoms with Gasteiger partial charge >= 0.3 is 0 Å². The van der Waals surface area contributed by atoms with Crippen LogP contribution in [-0.2, 0) is 11.3 Å². The number of hydrogen-bond acceptors (Lipinski definition) is 5. The predicted octanol–water partition coefficient (Wildman–Crippen LogP) is 3.93. The lowest BCUT2D eigenvalue weighted by Crippen LogP contribution is -2.27. The summed E-state index contributed by atoms with van der Waals surface area (Å²) in [5, 5.41) is 10.3. The Morgan fingerprint density at radius 1 is 1.25 bits per heavy atom. The summed E-state index contributed by atoms with van der Waals surface area (Å²) in [5.41, 5.74) is 3.53. The number of para-hydroxylation sites is 1. The maximum absolute atomic E-state index is 6.55. The zero-order valence-corrected chi connectivity index (χ0v) is 16.6. The molecule has 4 heterocycles. The lowest BCUT2D eigenvalue weighted by Gasteiger charge is -2.30. The Morgan fingerprint density at radius 3 is 2.89 bits per heavy atom. The number of rotatable bonds is 3. The van der Waals surface area contributed by atoms with Crippen LogP contribution in [-0.4, -0.2) is 42.2 Å². The largest absolute Gasteiger partial charge is 0.378 e. The molecule has 0 spiro atoms. The molecule has 1 aromatic carbocycles. The molecule has 3 aromatic heterocycles. The molecule has 0 amide bonds. The third kappa shape index (κ3) is 2.95. The summed E-state index contributed by atoms with van der Waals surface area (Å²) < 4.78 is 8.11. The Morgan fingerprint density at radius 2 is 2.11 bits per heavy atom. The molecule has 0 unspecified atom stereocenters. The van der Waals surface area contributed by atoms with Gasteiger partial charge in [0.25, 0.3) is 0 Å². The molecule has 144 valence electrons. The minimum Gasteiger partial charge on any atom is -0.378 e. The van der Waals surface area contributed by atoms with Gasteiger partial charge in [-0.25, -0.2) is 9.97 Å². The van der Waals surface area contributed by atoms with Crippen molar-refractivity contribution in [2.75, 3.05) is 6.61 Å². The molecule has 1 fully saturated rings. The zero-order valence-electron chi connectivity index (χ0n) is 15.8. The zero-order chi connectivity index (χ0) is 19.3. The van der Waals surface area contributed by atoms with Gasteiger partial charge in [-0.05, 0) is 32.8 Å². The molecule has 8 heteroatoms. The lowest BCUT2D eigenvalue weighted by atomic mass is 10.0. The Hall–Kier alpha value is -2.51. The van der Waals surface area contributed by atoms with Gasteiger partial charge in [-0.15, -0.1) is 0 Å². The average Bonchev–Trinajstić information content (AvgIpc) is 3.26. The summed E-state index contributed by atoms with van der Waals surface area (Å²) >= 11 is 6.55. The number of aryl methyl sites for hydroxylation is 1. The number of benzene rings is 1. The molecule has 0 aliphatic carbocycles. The van der Waals surface area contributed by atoms with E-state index in [-0.39, 0.29) is 12.1 Å². The van der Waals surface area contributed by atoms with Crippen LogP contribution in [0.15, 0.2) is 30.5 Å². The minimum absolute atomic E-state index is 0.206. The van der Waals surface area contributed by atoms with Crippen LogP contribution in [0.3, 0.4) is 0 Å². The van der Waals surface area contributed by atoms with Gasteiger partial charge in [0, 0.05) is 18.0 Å². The first kappa shape index (κ1) is 17.6. The van der Waals surface area contributed by atoms with E-state index in [1.807, 2.05) is 25.1 Å². The Labute approximate surface area is 167 Å². The first-order valence-corrected chi connectivity index (χ1v) is 9.91. The van der Waals surface area contributed by atoms with Crippen LogP contribution in [0.25, 0.3) is 21.9 Å². The topological polar surface area (TPSA) is 70.7 Å². The van der Waals surface area contributed by atoms with Crippen molar-refractivity contribution in [2.24, 2.45) is 0 Å². The van der Waals surface area contributed by atoms with E-state index < -0.39 is 0 Å². The number of imidazole rings is 1. The highest BCUT2D eigenvalue weighted by atomic mass is 35.5. The number of fused-ring (bicyclic) bond motifs is 3. The van der Waals surface area contributed by atoms with Gasteiger partial charge in [-0.1, -0.05) is 29.8 Å². The molecule has 5 rings (SSSR count). The summed E-state index contributed by atoms with van der Waals surface area (Å²) in [6, 6.07) is 8.36. The summed E-state index contributed by atoms with van der Waals surface area (Å²) in [6.07, 6.45) is 3.83. The highest BCUT2D eigenvalue weighted by Crippen LogP contribution is 2.36. The molecule has 28 heavy (non-hydrogen) atoms. The standard InChI is InChI=1S/C20H21ClN6O/c1-12-10-22-26(25-12)11-17-24-18-19(27(17)14-7-8-28-13(2)9-14)15-5-3-4-6-16(15)23-20(18)21/h3-6,10,13-14H,7-9,11H2,1-2H3/t13-,14-/m1/s1. The SMILES string of the molecule is Cc1cnn(Cc2nc3c(Cl)nc4ccccc4c3n2[C@@H]2CCO[C@H](C)C2)n1. The molecule has 7 nitrogen and oxygen atoms in total. The fraction of sp³-hybridized carbons (Fsp3) is 0.400. The summed E-state index contributed by atoms with van der Waals surface area (Å²) in [6.45, 7) is 5.27. The fourth-order valence-corrected chi connectivity index (χ4v) is 4.33. The molecular weight excluding hydrogens is 376 g/mol. The second kappa shape index (κ2) is 6.83. The fourth-order valence-electron chi connectivity index (χ4n) is 4.11. The highest BCUT2D eigenvalue weighted by Gasteiger charge is 2.27. The molecule has 1 aliphatic heterocycles. The molecule has 4 aromatic rings. The van der Waals surface area contributed by atoms with Crippen molar-refractivity contribution < 1.29 is 4.74 Å². The predicted molar refractivity (Wildman–Crippen MR) is 108 cm³/mol. The number of ether oxygens (including phenoxy) is 1. The number of halogens is 1. The highest BCUT2D eigenvalue weighted by molar-refractivity contribution is 6.35.